The standard InChI is InChI=1S/C23H29N5O/c29-23(27-14-11-24-12-15-27)18-8-5-13-28(16-18)22-19-9-4-10-20(19)25-21(26-22)17-6-2-1-3-7-17/h1-3,6-7,18,24H,4-5,8-16H2. The van der Waals surface area contributed by atoms with Crippen LogP contribution in [0.3, 0.4) is 0 Å². The minimum Gasteiger partial charge on any atom is -0.355 e. The Kier molecular flexibility index (Phi) is 5.19. The zero-order valence-electron chi connectivity index (χ0n) is 16.9. The van der Waals surface area contributed by atoms with Crippen LogP contribution in [-0.4, -0.2) is 60.0 Å². The van der Waals surface area contributed by atoms with Gasteiger partial charge in [0.25, 0.3) is 0 Å². The van der Waals surface area contributed by atoms with E-state index < -0.39 is 0 Å². The van der Waals surface area contributed by atoms with Gasteiger partial charge in [-0.2, -0.15) is 0 Å². The molecule has 2 aromatic rings. The molecule has 3 heterocycles. The van der Waals surface area contributed by atoms with Gasteiger partial charge in [-0.05, 0) is 32.1 Å². The molecule has 6 nitrogen and oxygen atoms in total. The quantitative estimate of drug-likeness (QED) is 0.870. The molecule has 2 aliphatic heterocycles. The van der Waals surface area contributed by atoms with Crippen molar-refractivity contribution >= 4 is 11.7 Å². The maximum Gasteiger partial charge on any atom is 0.227 e. The zero-order chi connectivity index (χ0) is 19.6. The number of piperidine rings is 1. The number of piperazine rings is 1. The van der Waals surface area contributed by atoms with Gasteiger partial charge in [-0.3, -0.25) is 4.79 Å². The van der Waals surface area contributed by atoms with Crippen molar-refractivity contribution in [3.63, 3.8) is 0 Å². The van der Waals surface area contributed by atoms with Crippen molar-refractivity contribution in [1.29, 1.82) is 0 Å². The molecule has 2 fully saturated rings. The van der Waals surface area contributed by atoms with Gasteiger partial charge in [0.1, 0.15) is 5.82 Å². The van der Waals surface area contributed by atoms with E-state index in [-0.39, 0.29) is 5.92 Å². The van der Waals surface area contributed by atoms with Crippen LogP contribution in [-0.2, 0) is 17.6 Å². The maximum atomic E-state index is 13.1. The summed E-state index contributed by atoms with van der Waals surface area (Å²) >= 11 is 0. The maximum absolute atomic E-state index is 13.1. The second-order valence-corrected chi connectivity index (χ2v) is 8.38. The van der Waals surface area contributed by atoms with Crippen LogP contribution in [0.2, 0.25) is 0 Å². The van der Waals surface area contributed by atoms with E-state index >= 15 is 0 Å². The van der Waals surface area contributed by atoms with Crippen LogP contribution in [0.5, 0.6) is 0 Å². The fourth-order valence-corrected chi connectivity index (χ4v) is 4.91. The number of carbonyl (C=O) groups excluding carboxylic acids is 1. The summed E-state index contributed by atoms with van der Waals surface area (Å²) in [6.45, 7) is 5.22. The largest absolute Gasteiger partial charge is 0.355 e. The molecule has 5 rings (SSSR count). The molecule has 0 saturated carbocycles. The molecule has 1 unspecified atom stereocenters. The predicted molar refractivity (Wildman–Crippen MR) is 114 cm³/mol. The topological polar surface area (TPSA) is 61.4 Å². The SMILES string of the molecule is O=C(C1CCCN(c2nc(-c3ccccc3)nc3c2CCC3)C1)N1CCNCC1. The molecule has 3 aliphatic rings. The van der Waals surface area contributed by atoms with Crippen LogP contribution in [0, 0.1) is 5.92 Å². The zero-order valence-corrected chi connectivity index (χ0v) is 16.9. The summed E-state index contributed by atoms with van der Waals surface area (Å²) in [5.74, 6) is 2.29. The third kappa shape index (κ3) is 3.73. The number of amides is 1. The van der Waals surface area contributed by atoms with Gasteiger partial charge in [-0.1, -0.05) is 30.3 Å². The van der Waals surface area contributed by atoms with Crippen molar-refractivity contribution in [2.24, 2.45) is 5.92 Å². The summed E-state index contributed by atoms with van der Waals surface area (Å²) in [5, 5.41) is 3.34. The first kappa shape index (κ1) is 18.6. The second-order valence-electron chi connectivity index (χ2n) is 8.38. The van der Waals surface area contributed by atoms with Gasteiger partial charge < -0.3 is 15.1 Å². The number of nitrogens with one attached hydrogen (secondary N) is 1. The molecule has 0 spiro atoms. The van der Waals surface area contributed by atoms with Crippen LogP contribution < -0.4 is 10.2 Å². The highest BCUT2D eigenvalue weighted by Crippen LogP contribution is 2.33. The van der Waals surface area contributed by atoms with E-state index in [1.807, 2.05) is 23.1 Å². The van der Waals surface area contributed by atoms with Gasteiger partial charge in [0.05, 0.1) is 5.92 Å². The number of carbonyl (C=O) groups is 1. The Labute approximate surface area is 172 Å². The van der Waals surface area contributed by atoms with E-state index in [0.717, 1.165) is 88.6 Å². The van der Waals surface area contributed by atoms with Crippen LogP contribution in [0.1, 0.15) is 30.5 Å². The molecular formula is C23H29N5O. The lowest BCUT2D eigenvalue weighted by Gasteiger charge is -2.37. The van der Waals surface area contributed by atoms with Crippen molar-refractivity contribution in [2.75, 3.05) is 44.2 Å². The number of anilines is 1. The summed E-state index contributed by atoms with van der Waals surface area (Å²) in [6.07, 6.45) is 5.25. The van der Waals surface area contributed by atoms with Crippen molar-refractivity contribution in [1.82, 2.24) is 20.2 Å². The molecule has 0 radical (unpaired) electrons. The average Bonchev–Trinajstić information content (AvgIpc) is 3.28. The molecule has 1 amide bonds. The van der Waals surface area contributed by atoms with Gasteiger partial charge in [-0.15, -0.1) is 0 Å². The van der Waals surface area contributed by atoms with Crippen LogP contribution in [0.4, 0.5) is 5.82 Å². The van der Waals surface area contributed by atoms with Gasteiger partial charge in [0.2, 0.25) is 5.91 Å². The lowest BCUT2D eigenvalue weighted by molar-refractivity contribution is -0.136. The Bertz CT molecular complexity index is 878. The molecule has 29 heavy (non-hydrogen) atoms. The van der Waals surface area contributed by atoms with E-state index in [1.54, 1.807) is 0 Å². The van der Waals surface area contributed by atoms with Crippen molar-refractivity contribution in [2.45, 2.75) is 32.1 Å². The first-order valence-corrected chi connectivity index (χ1v) is 11.0. The van der Waals surface area contributed by atoms with E-state index in [1.165, 1.54) is 11.3 Å². The number of aromatic nitrogens is 2. The first-order valence-electron chi connectivity index (χ1n) is 11.0. The lowest BCUT2D eigenvalue weighted by Crippen LogP contribution is -2.51. The Balaban J connectivity index is 1.42. The van der Waals surface area contributed by atoms with Crippen LogP contribution >= 0.6 is 0 Å². The Morgan fingerprint density at radius 2 is 1.83 bits per heavy atom. The number of aryl methyl sites for hydroxylation is 1. The van der Waals surface area contributed by atoms with Crippen molar-refractivity contribution in [3.05, 3.63) is 41.6 Å². The fraction of sp³-hybridized carbons (Fsp3) is 0.522. The number of nitrogens with zero attached hydrogens (tertiary/aromatic N) is 4. The Morgan fingerprint density at radius 3 is 2.66 bits per heavy atom. The smallest absolute Gasteiger partial charge is 0.227 e. The molecule has 1 aliphatic carbocycles. The highest BCUT2D eigenvalue weighted by Gasteiger charge is 2.32. The minimum absolute atomic E-state index is 0.0778. The summed E-state index contributed by atoms with van der Waals surface area (Å²) < 4.78 is 0. The molecule has 1 N–H and O–H groups in total. The molecule has 1 aromatic heterocycles. The third-order valence-corrected chi connectivity index (χ3v) is 6.44. The molecule has 0 bridgehead atoms. The van der Waals surface area contributed by atoms with Gasteiger partial charge >= 0.3 is 0 Å². The summed E-state index contributed by atoms with van der Waals surface area (Å²) in [7, 11) is 0. The summed E-state index contributed by atoms with van der Waals surface area (Å²) in [5.41, 5.74) is 3.57. The highest BCUT2D eigenvalue weighted by atomic mass is 16.2. The number of hydrogen-bond donors (Lipinski definition) is 1. The number of benzene rings is 1. The molecule has 6 heteroatoms. The fourth-order valence-electron chi connectivity index (χ4n) is 4.91. The minimum atomic E-state index is 0.0778. The van der Waals surface area contributed by atoms with E-state index in [2.05, 4.69) is 22.3 Å². The summed E-state index contributed by atoms with van der Waals surface area (Å²) in [4.78, 5) is 27.4. The number of fused-ring (bicyclic) bond motifs is 1. The average molecular weight is 392 g/mol. The third-order valence-electron chi connectivity index (χ3n) is 6.44. The Morgan fingerprint density at radius 1 is 1.00 bits per heavy atom. The molecule has 2 saturated heterocycles. The van der Waals surface area contributed by atoms with Gasteiger partial charge in [-0.25, -0.2) is 9.97 Å². The lowest BCUT2D eigenvalue weighted by atomic mass is 9.95. The van der Waals surface area contributed by atoms with E-state index in [4.69, 9.17) is 9.97 Å². The first-order chi connectivity index (χ1) is 14.3. The van der Waals surface area contributed by atoms with E-state index in [9.17, 15) is 4.79 Å². The second kappa shape index (κ2) is 8.11. The van der Waals surface area contributed by atoms with Gasteiger partial charge in [0, 0.05) is 56.1 Å². The molecule has 1 aromatic carbocycles. The molecule has 152 valence electrons. The number of rotatable bonds is 3. The summed E-state index contributed by atoms with van der Waals surface area (Å²) in [6, 6.07) is 10.2. The highest BCUT2D eigenvalue weighted by molar-refractivity contribution is 5.80. The van der Waals surface area contributed by atoms with Crippen molar-refractivity contribution < 1.29 is 4.79 Å². The molecular weight excluding hydrogens is 362 g/mol. The normalized spacial score (nSPS) is 21.9. The van der Waals surface area contributed by atoms with Crippen molar-refractivity contribution in [3.8, 4) is 11.4 Å². The Hall–Kier alpha value is -2.47. The monoisotopic (exact) mass is 391 g/mol. The van der Waals surface area contributed by atoms with Gasteiger partial charge in [0.15, 0.2) is 5.82 Å². The van der Waals surface area contributed by atoms with Crippen LogP contribution in [0.25, 0.3) is 11.4 Å². The van der Waals surface area contributed by atoms with E-state index in [0.29, 0.717) is 5.91 Å². The van der Waals surface area contributed by atoms with Crippen LogP contribution in [0.15, 0.2) is 30.3 Å². The predicted octanol–water partition coefficient (Wildman–Crippen LogP) is 2.28. The number of hydrogen-bond acceptors (Lipinski definition) is 5. The molecule has 1 atom stereocenters.